The zero-order chi connectivity index (χ0) is 15.5. The number of hydrogen-bond acceptors (Lipinski definition) is 4. The Kier molecular flexibility index (Phi) is 9.06. The predicted octanol–water partition coefficient (Wildman–Crippen LogP) is 3.35. The quantitative estimate of drug-likeness (QED) is 0.502. The van der Waals surface area contributed by atoms with Crippen molar-refractivity contribution in [1.29, 1.82) is 0 Å². The molecule has 0 radical (unpaired) electrons. The molecule has 0 saturated heterocycles. The van der Waals surface area contributed by atoms with Crippen molar-refractivity contribution in [3.8, 4) is 5.75 Å². The summed E-state index contributed by atoms with van der Waals surface area (Å²) < 4.78 is 16.2. The molecular formula is C17H29NO3. The van der Waals surface area contributed by atoms with E-state index < -0.39 is 0 Å². The molecule has 120 valence electrons. The van der Waals surface area contributed by atoms with E-state index in [1.807, 2.05) is 19.1 Å². The molecule has 0 bridgehead atoms. The summed E-state index contributed by atoms with van der Waals surface area (Å²) in [6.45, 7) is 5.82. The maximum atomic E-state index is 5.70. The smallest absolute Gasteiger partial charge is 0.171 e. The lowest BCUT2D eigenvalue weighted by Gasteiger charge is -2.22. The largest absolute Gasteiger partial charge is 0.494 e. The first kappa shape index (κ1) is 18.0. The Morgan fingerprint density at radius 3 is 2.29 bits per heavy atom. The number of benzene rings is 1. The van der Waals surface area contributed by atoms with Gasteiger partial charge in [-0.25, -0.2) is 0 Å². The summed E-state index contributed by atoms with van der Waals surface area (Å²) in [5.41, 5.74) is 1.22. The van der Waals surface area contributed by atoms with Gasteiger partial charge in [-0.15, -0.1) is 0 Å². The predicted molar refractivity (Wildman–Crippen MR) is 85.6 cm³/mol. The Hall–Kier alpha value is -1.10. The van der Waals surface area contributed by atoms with Crippen LogP contribution < -0.4 is 10.1 Å². The number of methoxy groups -OCH3 is 2. The molecule has 0 amide bonds. The van der Waals surface area contributed by atoms with Crippen LogP contribution >= 0.6 is 0 Å². The summed E-state index contributed by atoms with van der Waals surface area (Å²) in [7, 11) is 3.30. The minimum absolute atomic E-state index is 0.130. The van der Waals surface area contributed by atoms with E-state index in [1.165, 1.54) is 18.4 Å². The molecule has 0 fully saturated rings. The van der Waals surface area contributed by atoms with Gasteiger partial charge in [0.25, 0.3) is 0 Å². The minimum atomic E-state index is -0.230. The number of nitrogens with one attached hydrogen (secondary N) is 1. The van der Waals surface area contributed by atoms with E-state index in [9.17, 15) is 0 Å². The molecule has 0 aliphatic heterocycles. The molecule has 1 aromatic carbocycles. The fraction of sp³-hybridized carbons (Fsp3) is 0.647. The molecule has 1 N–H and O–H groups in total. The highest BCUT2D eigenvalue weighted by atomic mass is 16.7. The molecule has 1 rings (SSSR count). The standard InChI is InChI=1S/C17H29NO3/c1-5-6-7-12-21-16-10-8-15(9-11-16)13-18-14(2)17(19-3)20-4/h8-11,14,17-18H,5-7,12-13H2,1-4H3. The molecule has 21 heavy (non-hydrogen) atoms. The van der Waals surface area contributed by atoms with Gasteiger partial charge in [0.2, 0.25) is 0 Å². The van der Waals surface area contributed by atoms with Crippen molar-refractivity contribution < 1.29 is 14.2 Å². The van der Waals surface area contributed by atoms with Gasteiger partial charge in [-0.1, -0.05) is 31.9 Å². The monoisotopic (exact) mass is 295 g/mol. The second-order valence-electron chi connectivity index (χ2n) is 5.21. The first-order valence-electron chi connectivity index (χ1n) is 7.72. The first-order chi connectivity index (χ1) is 10.2. The van der Waals surface area contributed by atoms with Gasteiger partial charge in [-0.2, -0.15) is 0 Å². The third-order valence-electron chi connectivity index (χ3n) is 3.44. The second kappa shape index (κ2) is 10.6. The molecule has 0 aliphatic carbocycles. The second-order valence-corrected chi connectivity index (χ2v) is 5.21. The van der Waals surface area contributed by atoms with Crippen molar-refractivity contribution >= 4 is 0 Å². The summed E-state index contributed by atoms with van der Waals surface area (Å²) in [6, 6.07) is 8.35. The van der Waals surface area contributed by atoms with Crippen molar-refractivity contribution in [2.75, 3.05) is 20.8 Å². The van der Waals surface area contributed by atoms with Gasteiger partial charge in [0, 0.05) is 20.8 Å². The molecule has 1 unspecified atom stereocenters. The SMILES string of the molecule is CCCCCOc1ccc(CNC(C)C(OC)OC)cc1. The van der Waals surface area contributed by atoms with Crippen LogP contribution in [-0.2, 0) is 16.0 Å². The number of unbranched alkanes of at least 4 members (excludes halogenated alkanes) is 2. The Morgan fingerprint density at radius 1 is 1.05 bits per heavy atom. The Balaban J connectivity index is 2.33. The van der Waals surface area contributed by atoms with Crippen LogP contribution in [0.3, 0.4) is 0 Å². The van der Waals surface area contributed by atoms with Crippen LogP contribution in [-0.4, -0.2) is 33.2 Å². The summed E-state index contributed by atoms with van der Waals surface area (Å²) in [6.07, 6.45) is 3.33. The molecular weight excluding hydrogens is 266 g/mol. The average Bonchev–Trinajstić information content (AvgIpc) is 2.52. The topological polar surface area (TPSA) is 39.7 Å². The first-order valence-corrected chi connectivity index (χ1v) is 7.72. The lowest BCUT2D eigenvalue weighted by Crippen LogP contribution is -2.39. The minimum Gasteiger partial charge on any atom is -0.494 e. The van der Waals surface area contributed by atoms with Gasteiger partial charge in [-0.3, -0.25) is 0 Å². The fourth-order valence-corrected chi connectivity index (χ4v) is 2.13. The zero-order valence-electron chi connectivity index (χ0n) is 13.7. The van der Waals surface area contributed by atoms with Crippen LogP contribution in [0.4, 0.5) is 0 Å². The van der Waals surface area contributed by atoms with E-state index in [0.717, 1.165) is 25.3 Å². The number of hydrogen-bond donors (Lipinski definition) is 1. The summed E-state index contributed by atoms with van der Waals surface area (Å²) in [5.74, 6) is 0.939. The summed E-state index contributed by atoms with van der Waals surface area (Å²) in [5, 5.41) is 3.39. The van der Waals surface area contributed by atoms with Gasteiger partial charge in [0.15, 0.2) is 6.29 Å². The summed E-state index contributed by atoms with van der Waals surface area (Å²) >= 11 is 0. The van der Waals surface area contributed by atoms with E-state index in [4.69, 9.17) is 14.2 Å². The van der Waals surface area contributed by atoms with Crippen molar-refractivity contribution in [3.63, 3.8) is 0 Å². The van der Waals surface area contributed by atoms with E-state index in [0.29, 0.717) is 0 Å². The Morgan fingerprint density at radius 2 is 1.71 bits per heavy atom. The zero-order valence-corrected chi connectivity index (χ0v) is 13.7. The van der Waals surface area contributed by atoms with Crippen LogP contribution in [0, 0.1) is 0 Å². The van der Waals surface area contributed by atoms with Crippen LogP contribution in [0.2, 0.25) is 0 Å². The van der Waals surface area contributed by atoms with Gasteiger partial charge < -0.3 is 19.5 Å². The van der Waals surface area contributed by atoms with Crippen molar-refractivity contribution in [3.05, 3.63) is 29.8 Å². The molecule has 0 aliphatic rings. The molecule has 0 heterocycles. The number of rotatable bonds is 11. The van der Waals surface area contributed by atoms with Crippen LogP contribution in [0.15, 0.2) is 24.3 Å². The Bertz CT molecular complexity index is 363. The normalized spacial score (nSPS) is 12.6. The van der Waals surface area contributed by atoms with Crippen LogP contribution in [0.5, 0.6) is 5.75 Å². The van der Waals surface area contributed by atoms with Crippen molar-refractivity contribution in [2.45, 2.75) is 52.0 Å². The Labute approximate surface area is 128 Å². The maximum Gasteiger partial charge on any atom is 0.171 e. The third kappa shape index (κ3) is 6.93. The molecule has 0 saturated carbocycles. The van der Waals surface area contributed by atoms with Gasteiger partial charge >= 0.3 is 0 Å². The van der Waals surface area contributed by atoms with Crippen molar-refractivity contribution in [2.24, 2.45) is 0 Å². The highest BCUT2D eigenvalue weighted by Crippen LogP contribution is 2.13. The fourth-order valence-electron chi connectivity index (χ4n) is 2.13. The molecule has 1 aromatic rings. The average molecular weight is 295 g/mol. The molecule has 0 spiro atoms. The van der Waals surface area contributed by atoms with Gasteiger partial charge in [-0.05, 0) is 31.0 Å². The van der Waals surface area contributed by atoms with E-state index in [2.05, 4.69) is 24.4 Å². The highest BCUT2D eigenvalue weighted by Gasteiger charge is 2.14. The maximum absolute atomic E-state index is 5.70. The van der Waals surface area contributed by atoms with Gasteiger partial charge in [0.1, 0.15) is 5.75 Å². The van der Waals surface area contributed by atoms with Gasteiger partial charge in [0.05, 0.1) is 12.6 Å². The summed E-state index contributed by atoms with van der Waals surface area (Å²) in [4.78, 5) is 0. The van der Waals surface area contributed by atoms with E-state index in [-0.39, 0.29) is 12.3 Å². The highest BCUT2D eigenvalue weighted by molar-refractivity contribution is 5.27. The van der Waals surface area contributed by atoms with Crippen molar-refractivity contribution in [1.82, 2.24) is 5.32 Å². The molecule has 0 aromatic heterocycles. The number of ether oxygens (including phenoxy) is 3. The molecule has 4 nitrogen and oxygen atoms in total. The lowest BCUT2D eigenvalue weighted by molar-refractivity contribution is -0.119. The van der Waals surface area contributed by atoms with E-state index >= 15 is 0 Å². The van der Waals surface area contributed by atoms with Crippen LogP contribution in [0.25, 0.3) is 0 Å². The third-order valence-corrected chi connectivity index (χ3v) is 3.44. The van der Waals surface area contributed by atoms with Crippen LogP contribution in [0.1, 0.15) is 38.7 Å². The molecule has 1 atom stereocenters. The molecule has 4 heteroatoms. The lowest BCUT2D eigenvalue weighted by atomic mass is 10.2. The van der Waals surface area contributed by atoms with E-state index in [1.54, 1.807) is 14.2 Å².